The molecule has 0 saturated heterocycles. The number of hydrogen-bond acceptors (Lipinski definition) is 5. The number of esters is 1. The number of carbonyl (C=O) groups is 3. The van der Waals surface area contributed by atoms with Gasteiger partial charge < -0.3 is 10.1 Å². The van der Waals surface area contributed by atoms with E-state index in [0.29, 0.717) is 32.6 Å². The Morgan fingerprint density at radius 1 is 0.875 bits per heavy atom. The van der Waals surface area contributed by atoms with Crippen LogP contribution in [0.25, 0.3) is 0 Å². The van der Waals surface area contributed by atoms with Crippen molar-refractivity contribution in [3.05, 3.63) is 93.5 Å². The molecule has 0 aliphatic carbocycles. The Balaban J connectivity index is 1.53. The molecule has 3 aromatic rings. The Morgan fingerprint density at radius 2 is 1.56 bits per heavy atom. The summed E-state index contributed by atoms with van der Waals surface area (Å²) in [7, 11) is 0. The number of rotatable bonds is 5. The summed E-state index contributed by atoms with van der Waals surface area (Å²) in [5, 5.41) is 7.00. The average molecular weight is 470 g/mol. The van der Waals surface area contributed by atoms with Gasteiger partial charge in [-0.05, 0) is 66.6 Å². The van der Waals surface area contributed by atoms with Crippen LogP contribution in [0.15, 0.2) is 71.8 Å². The molecule has 0 bridgehead atoms. The van der Waals surface area contributed by atoms with Gasteiger partial charge in [-0.1, -0.05) is 41.4 Å². The largest absolute Gasteiger partial charge is 0.423 e. The van der Waals surface area contributed by atoms with Crippen molar-refractivity contribution in [2.45, 2.75) is 6.92 Å². The molecule has 0 fully saturated rings. The van der Waals surface area contributed by atoms with Crippen LogP contribution in [0.2, 0.25) is 10.0 Å². The standard InChI is InChI=1S/C23H17Cl2N3O4/c1-14-18(24)7-4-8-20(14)27-21(29)22(30)28-26-13-15-9-11-16(12-10-15)32-23(31)17-5-2-3-6-19(17)25/h2-13H,1H3,(H,27,29)(H,28,30)/b26-13+. The van der Waals surface area contributed by atoms with Gasteiger partial charge in [0.25, 0.3) is 0 Å². The Morgan fingerprint density at radius 3 is 2.28 bits per heavy atom. The number of hydrazone groups is 1. The first-order valence-corrected chi connectivity index (χ1v) is 10.1. The lowest BCUT2D eigenvalue weighted by atomic mass is 10.2. The summed E-state index contributed by atoms with van der Waals surface area (Å²) in [5.74, 6) is -2.09. The first-order chi connectivity index (χ1) is 15.3. The van der Waals surface area contributed by atoms with E-state index in [1.54, 1.807) is 73.7 Å². The molecule has 0 spiro atoms. The van der Waals surface area contributed by atoms with Crippen LogP contribution in [0.5, 0.6) is 5.75 Å². The zero-order chi connectivity index (χ0) is 23.1. The predicted molar refractivity (Wildman–Crippen MR) is 123 cm³/mol. The normalized spacial score (nSPS) is 10.6. The summed E-state index contributed by atoms with van der Waals surface area (Å²) in [6.45, 7) is 1.73. The van der Waals surface area contributed by atoms with Crippen LogP contribution in [0.4, 0.5) is 5.69 Å². The highest BCUT2D eigenvalue weighted by Gasteiger charge is 2.15. The molecule has 2 amide bonds. The highest BCUT2D eigenvalue weighted by atomic mass is 35.5. The van der Waals surface area contributed by atoms with Crippen LogP contribution < -0.4 is 15.5 Å². The van der Waals surface area contributed by atoms with Crippen LogP contribution in [0.3, 0.4) is 0 Å². The maximum absolute atomic E-state index is 12.2. The third-order valence-corrected chi connectivity index (χ3v) is 5.03. The van der Waals surface area contributed by atoms with Crippen LogP contribution >= 0.6 is 23.2 Å². The van der Waals surface area contributed by atoms with E-state index in [2.05, 4.69) is 15.8 Å². The first-order valence-electron chi connectivity index (χ1n) is 9.31. The Bertz CT molecular complexity index is 1190. The van der Waals surface area contributed by atoms with Crippen LogP contribution in [-0.2, 0) is 9.59 Å². The van der Waals surface area contributed by atoms with Crippen molar-refractivity contribution < 1.29 is 19.1 Å². The van der Waals surface area contributed by atoms with Crippen molar-refractivity contribution in [2.24, 2.45) is 5.10 Å². The molecule has 7 nitrogen and oxygen atoms in total. The Hall–Kier alpha value is -3.68. The molecule has 0 heterocycles. The minimum absolute atomic E-state index is 0.258. The van der Waals surface area contributed by atoms with Crippen LogP contribution in [0.1, 0.15) is 21.5 Å². The third-order valence-electron chi connectivity index (χ3n) is 4.29. The topological polar surface area (TPSA) is 96.9 Å². The van der Waals surface area contributed by atoms with E-state index in [4.69, 9.17) is 27.9 Å². The highest BCUT2D eigenvalue weighted by molar-refractivity contribution is 6.40. The number of benzene rings is 3. The van der Waals surface area contributed by atoms with E-state index in [1.165, 1.54) is 6.21 Å². The van der Waals surface area contributed by atoms with E-state index in [1.807, 2.05) is 0 Å². The second-order valence-electron chi connectivity index (χ2n) is 6.50. The lowest BCUT2D eigenvalue weighted by molar-refractivity contribution is -0.136. The fraction of sp³-hybridized carbons (Fsp3) is 0.0435. The fourth-order valence-corrected chi connectivity index (χ4v) is 2.94. The average Bonchev–Trinajstić information content (AvgIpc) is 2.78. The lowest BCUT2D eigenvalue weighted by Crippen LogP contribution is -2.32. The van der Waals surface area contributed by atoms with Gasteiger partial charge in [0, 0.05) is 10.7 Å². The molecule has 0 saturated carbocycles. The summed E-state index contributed by atoms with van der Waals surface area (Å²) >= 11 is 12.0. The van der Waals surface area contributed by atoms with Crippen LogP contribution in [0, 0.1) is 6.92 Å². The van der Waals surface area contributed by atoms with E-state index in [9.17, 15) is 14.4 Å². The maximum atomic E-state index is 12.2. The van der Waals surface area contributed by atoms with Crippen molar-refractivity contribution in [1.29, 1.82) is 0 Å². The number of nitrogens with zero attached hydrogens (tertiary/aromatic N) is 1. The molecule has 0 unspecified atom stereocenters. The molecule has 0 atom stereocenters. The monoisotopic (exact) mass is 469 g/mol. The highest BCUT2D eigenvalue weighted by Crippen LogP contribution is 2.23. The van der Waals surface area contributed by atoms with E-state index in [0.717, 1.165) is 0 Å². The fourth-order valence-electron chi connectivity index (χ4n) is 2.55. The molecule has 32 heavy (non-hydrogen) atoms. The summed E-state index contributed by atoms with van der Waals surface area (Å²) in [4.78, 5) is 36.1. The molecule has 0 aliphatic heterocycles. The van der Waals surface area contributed by atoms with E-state index >= 15 is 0 Å². The molecule has 3 rings (SSSR count). The van der Waals surface area contributed by atoms with E-state index in [-0.39, 0.29) is 5.56 Å². The van der Waals surface area contributed by atoms with Gasteiger partial charge in [-0.2, -0.15) is 5.10 Å². The van der Waals surface area contributed by atoms with Gasteiger partial charge in [-0.15, -0.1) is 0 Å². The summed E-state index contributed by atoms with van der Waals surface area (Å²) in [5.41, 5.74) is 4.09. The number of amides is 2. The van der Waals surface area contributed by atoms with Gasteiger partial charge in [0.05, 0.1) is 16.8 Å². The molecule has 2 N–H and O–H groups in total. The lowest BCUT2D eigenvalue weighted by Gasteiger charge is -2.08. The molecule has 0 aromatic heterocycles. The number of nitrogens with one attached hydrogen (secondary N) is 2. The number of carbonyl (C=O) groups excluding carboxylic acids is 3. The van der Waals surface area contributed by atoms with Gasteiger partial charge in [0.15, 0.2) is 0 Å². The molecular formula is C23H17Cl2N3O4. The summed E-state index contributed by atoms with van der Waals surface area (Å²) < 4.78 is 5.29. The molecule has 162 valence electrons. The number of halogens is 2. The minimum Gasteiger partial charge on any atom is -0.423 e. The first kappa shape index (κ1) is 23.0. The second-order valence-corrected chi connectivity index (χ2v) is 7.32. The Labute approximate surface area is 194 Å². The van der Waals surface area contributed by atoms with Gasteiger partial charge in [-0.3, -0.25) is 9.59 Å². The van der Waals surface area contributed by atoms with Crippen molar-refractivity contribution in [1.82, 2.24) is 5.43 Å². The van der Waals surface area contributed by atoms with Gasteiger partial charge in [-0.25, -0.2) is 10.2 Å². The predicted octanol–water partition coefficient (Wildman–Crippen LogP) is 4.61. The second kappa shape index (κ2) is 10.6. The van der Waals surface area contributed by atoms with Crippen LogP contribution in [-0.4, -0.2) is 24.0 Å². The zero-order valence-corrected chi connectivity index (χ0v) is 18.3. The van der Waals surface area contributed by atoms with Crippen molar-refractivity contribution >= 4 is 52.9 Å². The molecule has 0 radical (unpaired) electrons. The van der Waals surface area contributed by atoms with Crippen molar-refractivity contribution in [3.63, 3.8) is 0 Å². The molecular weight excluding hydrogens is 453 g/mol. The van der Waals surface area contributed by atoms with Gasteiger partial charge >= 0.3 is 17.8 Å². The van der Waals surface area contributed by atoms with Crippen molar-refractivity contribution in [2.75, 3.05) is 5.32 Å². The zero-order valence-electron chi connectivity index (χ0n) is 16.8. The summed E-state index contributed by atoms with van der Waals surface area (Å²) in [6, 6.07) is 17.9. The number of hydrogen-bond donors (Lipinski definition) is 2. The van der Waals surface area contributed by atoms with Gasteiger partial charge in [0.2, 0.25) is 0 Å². The summed E-state index contributed by atoms with van der Waals surface area (Å²) in [6.07, 6.45) is 1.34. The van der Waals surface area contributed by atoms with Gasteiger partial charge in [0.1, 0.15) is 5.75 Å². The number of ether oxygens (including phenoxy) is 1. The Kier molecular flexibility index (Phi) is 7.59. The minimum atomic E-state index is -0.939. The maximum Gasteiger partial charge on any atom is 0.345 e. The number of anilines is 1. The SMILES string of the molecule is Cc1c(Cl)cccc1NC(=O)C(=O)N/N=C/c1ccc(OC(=O)c2ccccc2Cl)cc1. The van der Waals surface area contributed by atoms with Crippen molar-refractivity contribution in [3.8, 4) is 5.75 Å². The molecule has 3 aromatic carbocycles. The van der Waals surface area contributed by atoms with E-state index < -0.39 is 17.8 Å². The quantitative estimate of drug-likeness (QED) is 0.187. The molecule has 9 heteroatoms. The molecule has 0 aliphatic rings. The smallest absolute Gasteiger partial charge is 0.345 e. The third kappa shape index (κ3) is 5.94.